The summed E-state index contributed by atoms with van der Waals surface area (Å²) in [5.74, 6) is 0.515. The van der Waals surface area contributed by atoms with Crippen molar-refractivity contribution in [3.05, 3.63) is 33.9 Å². The van der Waals surface area contributed by atoms with Gasteiger partial charge in [0.05, 0.1) is 17.6 Å². The first-order chi connectivity index (χ1) is 7.15. The molecule has 1 aromatic carbocycles. The van der Waals surface area contributed by atoms with E-state index in [-0.39, 0.29) is 18.1 Å². The molecule has 6 heteroatoms. The minimum absolute atomic E-state index is 0. The summed E-state index contributed by atoms with van der Waals surface area (Å²) >= 11 is 0. The van der Waals surface area contributed by atoms with Gasteiger partial charge < -0.3 is 10.5 Å². The van der Waals surface area contributed by atoms with Crippen molar-refractivity contribution in [1.29, 1.82) is 0 Å². The van der Waals surface area contributed by atoms with Crippen molar-refractivity contribution in [1.82, 2.24) is 0 Å². The number of hydrogen-bond acceptors (Lipinski definition) is 4. The second-order valence-corrected chi connectivity index (χ2v) is 3.20. The second-order valence-electron chi connectivity index (χ2n) is 3.20. The van der Waals surface area contributed by atoms with Gasteiger partial charge in [-0.05, 0) is 32.0 Å². The molecule has 0 aliphatic carbocycles. The van der Waals surface area contributed by atoms with E-state index in [2.05, 4.69) is 0 Å². The Morgan fingerprint density at radius 1 is 1.50 bits per heavy atom. The lowest BCUT2D eigenvalue weighted by molar-refractivity contribution is -0.385. The number of halogens is 1. The zero-order chi connectivity index (χ0) is 11.3. The van der Waals surface area contributed by atoms with Gasteiger partial charge >= 0.3 is 0 Å². The van der Waals surface area contributed by atoms with Gasteiger partial charge in [0.2, 0.25) is 0 Å². The number of nitrogens with two attached hydrogens (primary N) is 1. The van der Waals surface area contributed by atoms with Gasteiger partial charge in [-0.1, -0.05) is 0 Å². The van der Waals surface area contributed by atoms with Gasteiger partial charge in [-0.2, -0.15) is 0 Å². The lowest BCUT2D eigenvalue weighted by Crippen LogP contribution is -2.06. The number of nitro benzene ring substituents is 1. The third-order valence-electron chi connectivity index (χ3n) is 1.99. The predicted octanol–water partition coefficient (Wildman–Crippen LogP) is 2.05. The molecule has 0 heterocycles. The zero-order valence-corrected chi connectivity index (χ0v) is 9.83. The lowest BCUT2D eigenvalue weighted by atomic mass is 10.2. The fourth-order valence-corrected chi connectivity index (χ4v) is 1.15. The minimum atomic E-state index is -0.412. The Bertz CT molecular complexity index is 358. The number of hydrogen-bond donors (Lipinski definition) is 1. The summed E-state index contributed by atoms with van der Waals surface area (Å²) in [5, 5.41) is 10.6. The highest BCUT2D eigenvalue weighted by Gasteiger charge is 2.11. The van der Waals surface area contributed by atoms with Crippen LogP contribution in [0.2, 0.25) is 0 Å². The van der Waals surface area contributed by atoms with Crippen LogP contribution >= 0.6 is 12.4 Å². The number of rotatable bonds is 5. The van der Waals surface area contributed by atoms with Gasteiger partial charge in [0.1, 0.15) is 5.75 Å². The first kappa shape index (κ1) is 14.7. The van der Waals surface area contributed by atoms with E-state index < -0.39 is 4.92 Å². The molecule has 0 saturated heterocycles. The molecule has 0 bridgehead atoms. The van der Waals surface area contributed by atoms with Gasteiger partial charge in [-0.15, -0.1) is 12.4 Å². The van der Waals surface area contributed by atoms with Crippen molar-refractivity contribution >= 4 is 18.1 Å². The van der Waals surface area contributed by atoms with Crippen LogP contribution in [0, 0.1) is 17.0 Å². The molecule has 0 saturated carbocycles. The van der Waals surface area contributed by atoms with Gasteiger partial charge in [0.25, 0.3) is 5.69 Å². The van der Waals surface area contributed by atoms with Crippen LogP contribution in [0.3, 0.4) is 0 Å². The first-order valence-corrected chi connectivity index (χ1v) is 4.73. The lowest BCUT2D eigenvalue weighted by Gasteiger charge is -2.05. The monoisotopic (exact) mass is 246 g/mol. The molecule has 0 aromatic heterocycles. The van der Waals surface area contributed by atoms with Crippen molar-refractivity contribution in [2.24, 2.45) is 5.73 Å². The van der Waals surface area contributed by atoms with Crippen LogP contribution in [0.25, 0.3) is 0 Å². The molecule has 1 aromatic rings. The fourth-order valence-electron chi connectivity index (χ4n) is 1.15. The zero-order valence-electron chi connectivity index (χ0n) is 9.01. The molecule has 0 unspecified atom stereocenters. The maximum absolute atomic E-state index is 10.6. The van der Waals surface area contributed by atoms with Crippen molar-refractivity contribution < 1.29 is 9.66 Å². The molecular formula is C10H15ClN2O3. The SMILES string of the molecule is Cc1ccc(OCCCN)cc1[N+](=O)[O-].Cl. The molecule has 16 heavy (non-hydrogen) atoms. The predicted molar refractivity (Wildman–Crippen MR) is 64.2 cm³/mol. The maximum Gasteiger partial charge on any atom is 0.275 e. The van der Waals surface area contributed by atoms with Gasteiger partial charge in [-0.25, -0.2) is 0 Å². The number of benzene rings is 1. The van der Waals surface area contributed by atoms with Crippen LogP contribution in [-0.2, 0) is 0 Å². The van der Waals surface area contributed by atoms with Gasteiger partial charge in [-0.3, -0.25) is 10.1 Å². The van der Waals surface area contributed by atoms with E-state index in [9.17, 15) is 10.1 Å². The number of aryl methyl sites for hydroxylation is 1. The smallest absolute Gasteiger partial charge is 0.275 e. The van der Waals surface area contributed by atoms with E-state index in [1.54, 1.807) is 19.1 Å². The Morgan fingerprint density at radius 3 is 2.75 bits per heavy atom. The van der Waals surface area contributed by atoms with Crippen LogP contribution in [0.1, 0.15) is 12.0 Å². The standard InChI is InChI=1S/C10H14N2O3.ClH/c1-8-3-4-9(15-6-2-5-11)7-10(8)12(13)14;/h3-4,7H,2,5-6,11H2,1H3;1H. The van der Waals surface area contributed by atoms with E-state index in [0.29, 0.717) is 24.5 Å². The van der Waals surface area contributed by atoms with Crippen molar-refractivity contribution in [2.45, 2.75) is 13.3 Å². The topological polar surface area (TPSA) is 78.4 Å². The molecule has 0 spiro atoms. The summed E-state index contributed by atoms with van der Waals surface area (Å²) in [4.78, 5) is 10.2. The van der Waals surface area contributed by atoms with E-state index in [0.717, 1.165) is 6.42 Å². The molecular weight excluding hydrogens is 232 g/mol. The normalized spacial score (nSPS) is 9.38. The Hall–Kier alpha value is -1.33. The Morgan fingerprint density at radius 2 is 2.19 bits per heavy atom. The minimum Gasteiger partial charge on any atom is -0.493 e. The molecule has 0 atom stereocenters. The summed E-state index contributed by atoms with van der Waals surface area (Å²) in [5.41, 5.74) is 6.02. The Kier molecular flexibility index (Phi) is 6.44. The molecule has 0 amide bonds. The third kappa shape index (κ3) is 4.04. The molecule has 2 N–H and O–H groups in total. The summed E-state index contributed by atoms with van der Waals surface area (Å²) < 4.78 is 5.31. The van der Waals surface area contributed by atoms with E-state index >= 15 is 0 Å². The quantitative estimate of drug-likeness (QED) is 0.490. The highest BCUT2D eigenvalue weighted by Crippen LogP contribution is 2.23. The first-order valence-electron chi connectivity index (χ1n) is 4.73. The number of ether oxygens (including phenoxy) is 1. The Balaban J connectivity index is 0.00000225. The van der Waals surface area contributed by atoms with Gasteiger partial charge in [0, 0.05) is 5.56 Å². The molecule has 0 aliphatic heterocycles. The van der Waals surface area contributed by atoms with Crippen LogP contribution < -0.4 is 10.5 Å². The van der Waals surface area contributed by atoms with Crippen LogP contribution in [0.4, 0.5) is 5.69 Å². The number of nitrogens with zero attached hydrogens (tertiary/aromatic N) is 1. The van der Waals surface area contributed by atoms with E-state index in [1.807, 2.05) is 0 Å². The molecule has 0 aliphatic rings. The summed E-state index contributed by atoms with van der Waals surface area (Å²) in [6.45, 7) is 2.73. The molecule has 0 fully saturated rings. The van der Waals surface area contributed by atoms with Crippen molar-refractivity contribution in [3.63, 3.8) is 0 Å². The largest absolute Gasteiger partial charge is 0.493 e. The third-order valence-corrected chi connectivity index (χ3v) is 1.99. The molecule has 90 valence electrons. The van der Waals surface area contributed by atoms with Crippen molar-refractivity contribution in [2.75, 3.05) is 13.2 Å². The highest BCUT2D eigenvalue weighted by molar-refractivity contribution is 5.85. The van der Waals surface area contributed by atoms with Crippen LogP contribution in [0.5, 0.6) is 5.75 Å². The summed E-state index contributed by atoms with van der Waals surface area (Å²) in [6.07, 6.45) is 0.738. The van der Waals surface area contributed by atoms with Crippen LogP contribution in [0.15, 0.2) is 18.2 Å². The van der Waals surface area contributed by atoms with Crippen LogP contribution in [-0.4, -0.2) is 18.1 Å². The highest BCUT2D eigenvalue weighted by atomic mass is 35.5. The Labute approximate surface area is 100 Å². The molecule has 5 nitrogen and oxygen atoms in total. The molecule has 1 rings (SSSR count). The average molecular weight is 247 g/mol. The van der Waals surface area contributed by atoms with Crippen molar-refractivity contribution in [3.8, 4) is 5.75 Å². The average Bonchev–Trinajstić information content (AvgIpc) is 2.20. The summed E-state index contributed by atoms with van der Waals surface area (Å²) in [6, 6.07) is 4.83. The van der Waals surface area contributed by atoms with Gasteiger partial charge in [0.15, 0.2) is 0 Å². The second kappa shape index (κ2) is 7.03. The summed E-state index contributed by atoms with van der Waals surface area (Å²) in [7, 11) is 0. The van der Waals surface area contributed by atoms with E-state index in [1.165, 1.54) is 6.07 Å². The maximum atomic E-state index is 10.6. The fraction of sp³-hybridized carbons (Fsp3) is 0.400. The molecule has 0 radical (unpaired) electrons. The van der Waals surface area contributed by atoms with E-state index in [4.69, 9.17) is 10.5 Å². The number of nitro groups is 1.